The summed E-state index contributed by atoms with van der Waals surface area (Å²) < 4.78 is 12.0. The molecule has 1 saturated heterocycles. The summed E-state index contributed by atoms with van der Waals surface area (Å²) in [4.78, 5) is 2.26. The summed E-state index contributed by atoms with van der Waals surface area (Å²) in [7, 11) is 0.302. The first-order valence-electron chi connectivity index (χ1n) is 5.32. The van der Waals surface area contributed by atoms with Gasteiger partial charge in [-0.15, -0.1) is 0 Å². The Morgan fingerprint density at radius 1 is 1.29 bits per heavy atom. The van der Waals surface area contributed by atoms with E-state index in [0.29, 0.717) is 0 Å². The first-order chi connectivity index (χ1) is 6.70. The van der Waals surface area contributed by atoms with Gasteiger partial charge in [-0.2, -0.15) is 0 Å². The zero-order chi connectivity index (χ0) is 10.0. The van der Waals surface area contributed by atoms with Crippen LogP contribution in [0, 0.1) is 0 Å². The first-order valence-corrected chi connectivity index (χ1v) is 7.55. The molecule has 0 radical (unpaired) electrons. The van der Waals surface area contributed by atoms with Crippen LogP contribution in [0.2, 0.25) is 12.1 Å². The van der Waals surface area contributed by atoms with E-state index in [2.05, 4.69) is 24.9 Å². The number of hydrogen-bond donors (Lipinski definition) is 0. The van der Waals surface area contributed by atoms with E-state index in [1.165, 1.54) is 5.57 Å². The molecular weight excluding hydrogens is 194 g/mol. The van der Waals surface area contributed by atoms with Gasteiger partial charge in [0.2, 0.25) is 0 Å². The van der Waals surface area contributed by atoms with Crippen LogP contribution in [0.15, 0.2) is 11.6 Å². The van der Waals surface area contributed by atoms with Gasteiger partial charge in [0.15, 0.2) is 0 Å². The van der Waals surface area contributed by atoms with Gasteiger partial charge in [-0.1, -0.05) is 11.6 Å². The van der Waals surface area contributed by atoms with Gasteiger partial charge in [0.05, 0.1) is 0 Å². The van der Waals surface area contributed by atoms with Crippen molar-refractivity contribution in [2.45, 2.75) is 19.0 Å². The van der Waals surface area contributed by atoms with Crippen molar-refractivity contribution in [2.75, 3.05) is 33.4 Å². The van der Waals surface area contributed by atoms with E-state index < -0.39 is 8.56 Å². The highest BCUT2D eigenvalue weighted by molar-refractivity contribution is 6.69. The van der Waals surface area contributed by atoms with Crippen LogP contribution >= 0.6 is 0 Å². The topological polar surface area (TPSA) is 21.7 Å². The van der Waals surface area contributed by atoms with Gasteiger partial charge < -0.3 is 13.8 Å². The molecule has 2 heterocycles. The summed E-state index contributed by atoms with van der Waals surface area (Å²) >= 11 is 0. The Morgan fingerprint density at radius 3 is 2.43 bits per heavy atom. The Hall–Kier alpha value is -0.163. The van der Waals surface area contributed by atoms with Gasteiger partial charge in [0.25, 0.3) is 0 Å². The van der Waals surface area contributed by atoms with Crippen molar-refractivity contribution in [3.8, 4) is 0 Å². The molecule has 2 aliphatic rings. The fourth-order valence-electron chi connectivity index (χ4n) is 2.05. The predicted octanol–water partition coefficient (Wildman–Crippen LogP) is 1.37. The van der Waals surface area contributed by atoms with E-state index in [4.69, 9.17) is 8.85 Å². The molecule has 0 aromatic heterocycles. The largest absolute Gasteiger partial charge is 0.393 e. The van der Waals surface area contributed by atoms with E-state index in [-0.39, 0.29) is 0 Å². The summed E-state index contributed by atoms with van der Waals surface area (Å²) in [5.41, 5.74) is 1.45. The third-order valence-corrected chi connectivity index (χ3v) is 6.37. The average Bonchev–Trinajstić information content (AvgIpc) is 2.46. The molecule has 0 atom stereocenters. The van der Waals surface area contributed by atoms with Crippen molar-refractivity contribution in [3.05, 3.63) is 11.6 Å². The summed E-state index contributed by atoms with van der Waals surface area (Å²) in [6, 6.07) is 2.14. The van der Waals surface area contributed by atoms with Crippen molar-refractivity contribution in [1.29, 1.82) is 0 Å². The van der Waals surface area contributed by atoms with Crippen molar-refractivity contribution < 1.29 is 8.85 Å². The lowest BCUT2D eigenvalue weighted by Crippen LogP contribution is -2.46. The Kier molecular flexibility index (Phi) is 3.06. The minimum Gasteiger partial charge on any atom is -0.393 e. The van der Waals surface area contributed by atoms with E-state index in [1.807, 2.05) is 0 Å². The quantitative estimate of drug-likeness (QED) is 0.448. The smallest absolute Gasteiger partial charge is 0.346 e. The summed E-state index contributed by atoms with van der Waals surface area (Å²) in [5.74, 6) is 0. The van der Waals surface area contributed by atoms with Gasteiger partial charge in [-0.25, -0.2) is 0 Å². The van der Waals surface area contributed by atoms with Gasteiger partial charge in [0, 0.05) is 38.4 Å². The maximum absolute atomic E-state index is 6.00. The Balaban J connectivity index is 1.94. The molecule has 2 aliphatic heterocycles. The molecule has 0 N–H and O–H groups in total. The lowest BCUT2D eigenvalue weighted by atomic mass is 10.3. The number of hydrogen-bond acceptors (Lipinski definition) is 3. The predicted molar refractivity (Wildman–Crippen MR) is 58.5 cm³/mol. The van der Waals surface area contributed by atoms with Crippen LogP contribution in [0.25, 0.3) is 0 Å². The molecule has 0 bridgehead atoms. The highest BCUT2D eigenvalue weighted by Crippen LogP contribution is 2.31. The van der Waals surface area contributed by atoms with Crippen molar-refractivity contribution >= 4 is 8.56 Å². The second-order valence-electron chi connectivity index (χ2n) is 4.34. The Morgan fingerprint density at radius 2 is 1.93 bits per heavy atom. The lowest BCUT2D eigenvalue weighted by molar-refractivity contribution is 0.109. The van der Waals surface area contributed by atoms with Crippen LogP contribution in [-0.4, -0.2) is 46.8 Å². The van der Waals surface area contributed by atoms with Gasteiger partial charge >= 0.3 is 8.56 Å². The molecule has 80 valence electrons. The fourth-order valence-corrected chi connectivity index (χ4v) is 5.29. The minimum absolute atomic E-state index is 0.837. The summed E-state index contributed by atoms with van der Waals surface area (Å²) in [5, 5.41) is 0. The molecule has 2 rings (SSSR count). The molecule has 0 amide bonds. The van der Waals surface area contributed by atoms with E-state index >= 15 is 0 Å². The third-order valence-electron chi connectivity index (χ3n) is 2.99. The molecule has 1 spiro atoms. The van der Waals surface area contributed by atoms with Crippen LogP contribution in [0.1, 0.15) is 6.92 Å². The molecule has 0 saturated carbocycles. The summed E-state index contributed by atoms with van der Waals surface area (Å²) in [6.07, 6.45) is 2.29. The normalized spacial score (nSPS) is 28.6. The Bertz CT molecular complexity index is 232. The zero-order valence-corrected chi connectivity index (χ0v) is 10.1. The average molecular weight is 213 g/mol. The molecular formula is C10H19NO2Si. The van der Waals surface area contributed by atoms with Crippen molar-refractivity contribution in [3.63, 3.8) is 0 Å². The van der Waals surface area contributed by atoms with Crippen LogP contribution in [0.3, 0.4) is 0 Å². The molecule has 0 aromatic rings. The minimum atomic E-state index is -1.81. The standard InChI is InChI=1S/C10H19NO2Si/c1-10-3-8-14(9-10)12-6-4-11(2)5-7-13-14/h3H,4-9H2,1-2H3. The molecule has 14 heavy (non-hydrogen) atoms. The Labute approximate surface area is 86.9 Å². The SMILES string of the molecule is CC1=CC[Si]2(C1)OCCN(C)CCO2. The molecule has 0 aromatic carbocycles. The molecule has 0 aliphatic carbocycles. The molecule has 0 unspecified atom stereocenters. The van der Waals surface area contributed by atoms with Gasteiger partial charge in [-0.05, 0) is 14.0 Å². The molecule has 4 heteroatoms. The molecule has 1 fully saturated rings. The number of likely N-dealkylation sites (N-methyl/N-ethyl adjacent to an activating group) is 1. The highest BCUT2D eigenvalue weighted by atomic mass is 28.4. The van der Waals surface area contributed by atoms with Gasteiger partial charge in [0.1, 0.15) is 0 Å². The van der Waals surface area contributed by atoms with Crippen LogP contribution in [0.4, 0.5) is 0 Å². The van der Waals surface area contributed by atoms with Gasteiger partial charge in [-0.3, -0.25) is 0 Å². The first kappa shape index (κ1) is 10.4. The maximum atomic E-state index is 6.00. The van der Waals surface area contributed by atoms with E-state index in [1.54, 1.807) is 0 Å². The second kappa shape index (κ2) is 4.14. The van der Waals surface area contributed by atoms with Crippen LogP contribution in [-0.2, 0) is 8.85 Å². The number of rotatable bonds is 0. The zero-order valence-electron chi connectivity index (χ0n) is 9.08. The monoisotopic (exact) mass is 213 g/mol. The van der Waals surface area contributed by atoms with Crippen molar-refractivity contribution in [1.82, 2.24) is 4.90 Å². The van der Waals surface area contributed by atoms with Crippen LogP contribution in [0.5, 0.6) is 0 Å². The van der Waals surface area contributed by atoms with Crippen molar-refractivity contribution in [2.24, 2.45) is 0 Å². The van der Waals surface area contributed by atoms with Crippen LogP contribution < -0.4 is 0 Å². The van der Waals surface area contributed by atoms with E-state index in [0.717, 1.165) is 38.4 Å². The second-order valence-corrected chi connectivity index (χ2v) is 7.50. The molecule has 3 nitrogen and oxygen atoms in total. The number of nitrogens with zero attached hydrogens (tertiary/aromatic N) is 1. The highest BCUT2D eigenvalue weighted by Gasteiger charge is 2.41. The summed E-state index contributed by atoms with van der Waals surface area (Å²) in [6.45, 7) is 5.93. The fraction of sp³-hybridized carbons (Fsp3) is 0.800. The number of allylic oxidation sites excluding steroid dienone is 2. The lowest BCUT2D eigenvalue weighted by Gasteiger charge is -2.31. The van der Waals surface area contributed by atoms with E-state index in [9.17, 15) is 0 Å². The maximum Gasteiger partial charge on any atom is 0.346 e. The third kappa shape index (κ3) is 2.25.